The van der Waals surface area contributed by atoms with Gasteiger partial charge in [-0.3, -0.25) is 4.79 Å². The van der Waals surface area contributed by atoms with Crippen LogP contribution in [0.5, 0.6) is 0 Å². The number of oxime groups is 1. The summed E-state index contributed by atoms with van der Waals surface area (Å²) in [6.45, 7) is 1.68. The Morgan fingerprint density at radius 2 is 2.21 bits per heavy atom. The molecular weight excluding hydrogens is 246 g/mol. The highest BCUT2D eigenvalue weighted by molar-refractivity contribution is 5.94. The minimum Gasteiger partial charge on any atom is -0.409 e. The maximum atomic E-state index is 11.9. The summed E-state index contributed by atoms with van der Waals surface area (Å²) in [5, 5.41) is 14.0. The van der Waals surface area contributed by atoms with E-state index in [1.54, 1.807) is 6.07 Å². The standard InChI is InChI=1S/C13H17N3O3/c14-12(16-18)2-1-5-15-13(17)9-3-4-10-7-19-8-11(10)6-9/h3-4,6,18H,1-2,5,7-8H2,(H2,14,16)(H,15,17). The zero-order valence-corrected chi connectivity index (χ0v) is 10.6. The Morgan fingerprint density at radius 1 is 1.42 bits per heavy atom. The molecule has 1 aliphatic heterocycles. The molecule has 4 N–H and O–H groups in total. The lowest BCUT2D eigenvalue weighted by molar-refractivity contribution is 0.0953. The topological polar surface area (TPSA) is 96.9 Å². The number of benzene rings is 1. The van der Waals surface area contributed by atoms with Crippen LogP contribution in [0.4, 0.5) is 0 Å². The van der Waals surface area contributed by atoms with Gasteiger partial charge in [-0.15, -0.1) is 0 Å². The molecule has 102 valence electrons. The van der Waals surface area contributed by atoms with Crippen LogP contribution in [0.15, 0.2) is 23.4 Å². The molecule has 0 bridgehead atoms. The first kappa shape index (κ1) is 13.4. The van der Waals surface area contributed by atoms with Gasteiger partial charge in [-0.2, -0.15) is 0 Å². The SMILES string of the molecule is NC(CCCNC(=O)c1ccc2c(c1)COC2)=NO. The summed E-state index contributed by atoms with van der Waals surface area (Å²) in [5.74, 6) is 0.0538. The van der Waals surface area contributed by atoms with Crippen LogP contribution in [0.25, 0.3) is 0 Å². The summed E-state index contributed by atoms with van der Waals surface area (Å²) in [6.07, 6.45) is 1.09. The Kier molecular flexibility index (Phi) is 4.35. The number of nitrogens with two attached hydrogens (primary N) is 1. The fourth-order valence-electron chi connectivity index (χ4n) is 1.94. The second-order valence-electron chi connectivity index (χ2n) is 4.43. The highest BCUT2D eigenvalue weighted by Crippen LogP contribution is 2.20. The van der Waals surface area contributed by atoms with E-state index in [0.29, 0.717) is 38.2 Å². The number of rotatable bonds is 5. The molecule has 6 nitrogen and oxygen atoms in total. The molecule has 1 aliphatic rings. The monoisotopic (exact) mass is 263 g/mol. The first-order valence-corrected chi connectivity index (χ1v) is 6.15. The van der Waals surface area contributed by atoms with Crippen LogP contribution in [0.2, 0.25) is 0 Å². The molecule has 1 aromatic rings. The number of amides is 1. The van der Waals surface area contributed by atoms with Crippen LogP contribution < -0.4 is 11.1 Å². The van der Waals surface area contributed by atoms with Gasteiger partial charge in [-0.05, 0) is 29.7 Å². The van der Waals surface area contributed by atoms with E-state index >= 15 is 0 Å². The quantitative estimate of drug-likeness (QED) is 0.242. The fraction of sp³-hybridized carbons (Fsp3) is 0.385. The molecule has 6 heteroatoms. The fourth-order valence-corrected chi connectivity index (χ4v) is 1.94. The van der Waals surface area contributed by atoms with Crippen molar-refractivity contribution in [1.82, 2.24) is 5.32 Å². The molecule has 1 amide bonds. The summed E-state index contributed by atoms with van der Waals surface area (Å²) in [5.41, 5.74) is 8.18. The van der Waals surface area contributed by atoms with Crippen LogP contribution in [0.1, 0.15) is 34.3 Å². The smallest absolute Gasteiger partial charge is 0.251 e. The van der Waals surface area contributed by atoms with E-state index in [1.165, 1.54) is 0 Å². The van der Waals surface area contributed by atoms with E-state index in [-0.39, 0.29) is 11.7 Å². The largest absolute Gasteiger partial charge is 0.409 e. The van der Waals surface area contributed by atoms with E-state index in [4.69, 9.17) is 15.7 Å². The van der Waals surface area contributed by atoms with E-state index in [1.807, 2.05) is 12.1 Å². The van der Waals surface area contributed by atoms with Gasteiger partial charge in [0.05, 0.1) is 13.2 Å². The number of amidine groups is 1. The summed E-state index contributed by atoms with van der Waals surface area (Å²) in [4.78, 5) is 11.9. The second kappa shape index (κ2) is 6.19. The zero-order valence-electron chi connectivity index (χ0n) is 10.6. The minimum absolute atomic E-state index is 0.116. The molecule has 0 saturated carbocycles. The highest BCUT2D eigenvalue weighted by Gasteiger charge is 2.13. The van der Waals surface area contributed by atoms with Gasteiger partial charge in [0, 0.05) is 18.5 Å². The number of hydrogen-bond acceptors (Lipinski definition) is 4. The summed E-state index contributed by atoms with van der Waals surface area (Å²) in [6, 6.07) is 5.58. The average molecular weight is 263 g/mol. The van der Waals surface area contributed by atoms with Crippen LogP contribution in [-0.4, -0.2) is 23.5 Å². The van der Waals surface area contributed by atoms with Crippen molar-refractivity contribution in [2.75, 3.05) is 6.54 Å². The molecule has 0 saturated heterocycles. The van der Waals surface area contributed by atoms with Crippen molar-refractivity contribution < 1.29 is 14.7 Å². The molecule has 19 heavy (non-hydrogen) atoms. The van der Waals surface area contributed by atoms with Crippen molar-refractivity contribution in [3.8, 4) is 0 Å². The number of fused-ring (bicyclic) bond motifs is 1. The number of nitrogens with zero attached hydrogens (tertiary/aromatic N) is 1. The molecular formula is C13H17N3O3. The summed E-state index contributed by atoms with van der Waals surface area (Å²) >= 11 is 0. The number of carbonyl (C=O) groups excluding carboxylic acids is 1. The maximum absolute atomic E-state index is 11.9. The van der Waals surface area contributed by atoms with Crippen molar-refractivity contribution in [2.45, 2.75) is 26.1 Å². The first-order chi connectivity index (χ1) is 9.20. The van der Waals surface area contributed by atoms with Gasteiger partial charge < -0.3 is 21.0 Å². The number of nitrogens with one attached hydrogen (secondary N) is 1. The predicted octanol–water partition coefficient (Wildman–Crippen LogP) is 0.973. The van der Waals surface area contributed by atoms with Crippen molar-refractivity contribution >= 4 is 11.7 Å². The Bertz CT molecular complexity index is 500. The highest BCUT2D eigenvalue weighted by atomic mass is 16.5. The number of hydrogen-bond donors (Lipinski definition) is 3. The molecule has 0 radical (unpaired) electrons. The van der Waals surface area contributed by atoms with Gasteiger partial charge in [0.25, 0.3) is 5.91 Å². The van der Waals surface area contributed by atoms with Gasteiger partial charge in [0.1, 0.15) is 5.84 Å². The van der Waals surface area contributed by atoms with E-state index in [9.17, 15) is 4.79 Å². The van der Waals surface area contributed by atoms with Gasteiger partial charge in [0.2, 0.25) is 0 Å². The molecule has 2 rings (SSSR count). The minimum atomic E-state index is -0.116. The Hall–Kier alpha value is -2.08. The molecule has 0 fully saturated rings. The van der Waals surface area contributed by atoms with Gasteiger partial charge in [-0.1, -0.05) is 11.2 Å². The van der Waals surface area contributed by atoms with E-state index in [2.05, 4.69) is 10.5 Å². The molecule has 0 aromatic heterocycles. The molecule has 1 aromatic carbocycles. The average Bonchev–Trinajstić information content (AvgIpc) is 2.90. The van der Waals surface area contributed by atoms with Crippen molar-refractivity contribution in [2.24, 2.45) is 10.9 Å². The van der Waals surface area contributed by atoms with Crippen LogP contribution in [0.3, 0.4) is 0 Å². The molecule has 0 spiro atoms. The van der Waals surface area contributed by atoms with Gasteiger partial charge in [-0.25, -0.2) is 0 Å². The predicted molar refractivity (Wildman–Crippen MR) is 69.9 cm³/mol. The molecule has 0 aliphatic carbocycles. The van der Waals surface area contributed by atoms with Crippen molar-refractivity contribution in [3.05, 3.63) is 34.9 Å². The van der Waals surface area contributed by atoms with E-state index < -0.39 is 0 Å². The molecule has 0 unspecified atom stereocenters. The van der Waals surface area contributed by atoms with Crippen LogP contribution >= 0.6 is 0 Å². The van der Waals surface area contributed by atoms with Crippen molar-refractivity contribution in [1.29, 1.82) is 0 Å². The van der Waals surface area contributed by atoms with Crippen LogP contribution in [-0.2, 0) is 18.0 Å². The number of ether oxygens (including phenoxy) is 1. The van der Waals surface area contributed by atoms with Gasteiger partial charge in [0.15, 0.2) is 0 Å². The van der Waals surface area contributed by atoms with Crippen LogP contribution in [0, 0.1) is 0 Å². The third-order valence-corrected chi connectivity index (χ3v) is 3.01. The molecule has 1 heterocycles. The Balaban J connectivity index is 1.83. The first-order valence-electron chi connectivity index (χ1n) is 6.15. The summed E-state index contributed by atoms with van der Waals surface area (Å²) in [7, 11) is 0. The van der Waals surface area contributed by atoms with Crippen molar-refractivity contribution in [3.63, 3.8) is 0 Å². The lowest BCUT2D eigenvalue weighted by Crippen LogP contribution is -2.25. The maximum Gasteiger partial charge on any atom is 0.251 e. The van der Waals surface area contributed by atoms with Gasteiger partial charge >= 0.3 is 0 Å². The Labute approximate surface area is 111 Å². The zero-order chi connectivity index (χ0) is 13.7. The second-order valence-corrected chi connectivity index (χ2v) is 4.43. The normalized spacial score (nSPS) is 14.2. The van der Waals surface area contributed by atoms with E-state index in [0.717, 1.165) is 11.1 Å². The number of carbonyl (C=O) groups is 1. The lowest BCUT2D eigenvalue weighted by atomic mass is 10.1. The summed E-state index contributed by atoms with van der Waals surface area (Å²) < 4.78 is 5.30. The third-order valence-electron chi connectivity index (χ3n) is 3.01. The lowest BCUT2D eigenvalue weighted by Gasteiger charge is -2.06. The third kappa shape index (κ3) is 3.45. The molecule has 0 atom stereocenters. The Morgan fingerprint density at radius 3 is 3.00 bits per heavy atom.